The quantitative estimate of drug-likeness (QED) is 0.255. The Morgan fingerprint density at radius 3 is 2.16 bits per heavy atom. The summed E-state index contributed by atoms with van der Waals surface area (Å²) >= 11 is 1.50. The number of benzene rings is 3. The molecule has 10 heteroatoms. The van der Waals surface area contributed by atoms with Crippen LogP contribution in [0.5, 0.6) is 0 Å². The number of carbonyl (C=O) groups is 1. The smallest absolute Gasteiger partial charge is 0.264 e. The number of para-hydroxylation sites is 1. The number of fused-ring (bicyclic) bond motifs is 1. The minimum atomic E-state index is -3.76. The van der Waals surface area contributed by atoms with Gasteiger partial charge < -0.3 is 4.90 Å². The van der Waals surface area contributed by atoms with Crippen molar-refractivity contribution in [2.45, 2.75) is 25.2 Å². The summed E-state index contributed by atoms with van der Waals surface area (Å²) in [6, 6.07) is 19.2. The van der Waals surface area contributed by atoms with E-state index < -0.39 is 10.0 Å². The fraction of sp³-hybridized carbons (Fsp3) is 0.286. The van der Waals surface area contributed by atoms with E-state index in [1.807, 2.05) is 20.2 Å². The molecule has 4 aromatic rings. The van der Waals surface area contributed by atoms with E-state index in [9.17, 15) is 13.2 Å². The Bertz CT molecular complexity index is 1470. The van der Waals surface area contributed by atoms with Crippen LogP contribution in [0.3, 0.4) is 0 Å². The summed E-state index contributed by atoms with van der Waals surface area (Å²) < 4.78 is 28.6. The number of hydrogen-bond donors (Lipinski definition) is 0. The Morgan fingerprint density at radius 1 is 0.895 bits per heavy atom. The molecule has 0 saturated carbocycles. The summed E-state index contributed by atoms with van der Waals surface area (Å²) in [6.45, 7) is 5.46. The Balaban J connectivity index is 0.00000400. The molecule has 0 saturated heterocycles. The Hall–Kier alpha value is -2.98. The van der Waals surface area contributed by atoms with Gasteiger partial charge in [0.15, 0.2) is 5.13 Å². The summed E-state index contributed by atoms with van der Waals surface area (Å²) in [6.07, 6.45) is 0.779. The average Bonchev–Trinajstić information content (AvgIpc) is 3.28. The van der Waals surface area contributed by atoms with E-state index in [-0.39, 0.29) is 23.2 Å². The number of aryl methyl sites for hydroxylation is 2. The molecule has 7 nitrogen and oxygen atoms in total. The van der Waals surface area contributed by atoms with Gasteiger partial charge in [-0.3, -0.25) is 14.0 Å². The molecule has 1 amide bonds. The zero-order valence-electron chi connectivity index (χ0n) is 22.2. The van der Waals surface area contributed by atoms with Crippen molar-refractivity contribution in [1.29, 1.82) is 0 Å². The molecule has 202 valence electrons. The maximum atomic E-state index is 13.7. The van der Waals surface area contributed by atoms with Crippen molar-refractivity contribution in [3.8, 4) is 0 Å². The van der Waals surface area contributed by atoms with Crippen LogP contribution in [0.1, 0.15) is 27.9 Å². The monoisotopic (exact) mass is 572 g/mol. The minimum absolute atomic E-state index is 0. The first-order chi connectivity index (χ1) is 17.6. The van der Waals surface area contributed by atoms with E-state index in [1.54, 1.807) is 41.3 Å². The van der Waals surface area contributed by atoms with Gasteiger partial charge in [-0.15, -0.1) is 12.4 Å². The van der Waals surface area contributed by atoms with Gasteiger partial charge in [-0.25, -0.2) is 13.4 Å². The van der Waals surface area contributed by atoms with Crippen LogP contribution in [0.4, 0.5) is 10.8 Å². The Kier molecular flexibility index (Phi) is 9.54. The van der Waals surface area contributed by atoms with E-state index in [0.29, 0.717) is 22.9 Å². The van der Waals surface area contributed by atoms with Gasteiger partial charge >= 0.3 is 0 Å². The molecule has 0 aliphatic heterocycles. The third-order valence-corrected chi connectivity index (χ3v) is 9.18. The van der Waals surface area contributed by atoms with Crippen molar-refractivity contribution >= 4 is 60.7 Å². The molecule has 1 aromatic heterocycles. The topological polar surface area (TPSA) is 73.8 Å². The molecular formula is C28H33ClN4O3S2. The van der Waals surface area contributed by atoms with Crippen LogP contribution in [-0.2, 0) is 10.0 Å². The lowest BCUT2D eigenvalue weighted by Crippen LogP contribution is -2.33. The summed E-state index contributed by atoms with van der Waals surface area (Å²) in [7, 11) is 1.76. The minimum Gasteiger partial charge on any atom is -0.309 e. The van der Waals surface area contributed by atoms with Crippen LogP contribution in [-0.4, -0.2) is 58.4 Å². The van der Waals surface area contributed by atoms with Crippen molar-refractivity contribution in [1.82, 2.24) is 9.88 Å². The lowest BCUT2D eigenvalue weighted by Gasteiger charge is -2.22. The standard InChI is InChI=1S/C28H32N4O3S2.ClH/c1-20-18-25-26(19-21(20)2)36-28(29-25)32(17-9-16-30(3)4)27(33)22-12-14-24(15-13-22)37(34,35)31(5)23-10-7-6-8-11-23;/h6-8,10-15,18-19H,9,16-17H2,1-5H3;1H. The first kappa shape index (κ1) is 29.6. The highest BCUT2D eigenvalue weighted by atomic mass is 35.5. The molecule has 0 spiro atoms. The van der Waals surface area contributed by atoms with Gasteiger partial charge in [-0.05, 0) is 101 Å². The number of amides is 1. The lowest BCUT2D eigenvalue weighted by molar-refractivity contribution is 0.0986. The van der Waals surface area contributed by atoms with E-state index >= 15 is 0 Å². The number of anilines is 2. The van der Waals surface area contributed by atoms with Gasteiger partial charge in [-0.2, -0.15) is 0 Å². The van der Waals surface area contributed by atoms with Crippen LogP contribution in [0.25, 0.3) is 10.2 Å². The van der Waals surface area contributed by atoms with Crippen LogP contribution < -0.4 is 9.21 Å². The molecule has 38 heavy (non-hydrogen) atoms. The largest absolute Gasteiger partial charge is 0.309 e. The number of halogens is 1. The molecule has 4 rings (SSSR count). The van der Waals surface area contributed by atoms with Crippen molar-refractivity contribution in [3.05, 3.63) is 83.4 Å². The van der Waals surface area contributed by atoms with Crippen molar-refractivity contribution in [3.63, 3.8) is 0 Å². The highest BCUT2D eigenvalue weighted by molar-refractivity contribution is 7.92. The normalized spacial score (nSPS) is 11.4. The number of nitrogens with zero attached hydrogens (tertiary/aromatic N) is 4. The molecule has 3 aromatic carbocycles. The van der Waals surface area contributed by atoms with Crippen molar-refractivity contribution in [2.24, 2.45) is 0 Å². The second-order valence-electron chi connectivity index (χ2n) is 9.35. The molecule has 1 heterocycles. The van der Waals surface area contributed by atoms with Gasteiger partial charge in [0, 0.05) is 19.2 Å². The second-order valence-corrected chi connectivity index (χ2v) is 12.3. The zero-order valence-corrected chi connectivity index (χ0v) is 24.7. The molecule has 0 aliphatic rings. The van der Waals surface area contributed by atoms with Gasteiger partial charge in [0.05, 0.1) is 20.8 Å². The molecule has 0 unspecified atom stereocenters. The van der Waals surface area contributed by atoms with Crippen LogP contribution in [0, 0.1) is 13.8 Å². The molecule has 0 bridgehead atoms. The van der Waals surface area contributed by atoms with Gasteiger partial charge in [0.2, 0.25) is 0 Å². The SMILES string of the molecule is Cc1cc2nc(N(CCCN(C)C)C(=O)c3ccc(S(=O)(=O)N(C)c4ccccc4)cc3)sc2cc1C.Cl. The average molecular weight is 573 g/mol. The number of sulfonamides is 1. The maximum absolute atomic E-state index is 13.7. The summed E-state index contributed by atoms with van der Waals surface area (Å²) in [4.78, 5) is 22.4. The first-order valence-corrected chi connectivity index (χ1v) is 14.3. The van der Waals surface area contributed by atoms with E-state index in [2.05, 4.69) is 30.9 Å². The lowest BCUT2D eigenvalue weighted by atomic mass is 10.1. The number of rotatable bonds is 9. The Morgan fingerprint density at radius 2 is 1.53 bits per heavy atom. The Labute approximate surface area is 235 Å². The van der Waals surface area contributed by atoms with E-state index in [4.69, 9.17) is 4.98 Å². The third-order valence-electron chi connectivity index (χ3n) is 6.34. The third kappa shape index (κ3) is 6.35. The molecule has 0 N–H and O–H groups in total. The van der Waals surface area contributed by atoms with Gasteiger partial charge in [-0.1, -0.05) is 29.5 Å². The van der Waals surface area contributed by atoms with Crippen molar-refractivity contribution < 1.29 is 13.2 Å². The fourth-order valence-electron chi connectivity index (χ4n) is 3.97. The second kappa shape index (κ2) is 12.3. The summed E-state index contributed by atoms with van der Waals surface area (Å²) in [5.41, 5.74) is 4.20. The van der Waals surface area contributed by atoms with Crippen LogP contribution in [0.2, 0.25) is 0 Å². The number of aromatic nitrogens is 1. The number of thiazole rings is 1. The highest BCUT2D eigenvalue weighted by Gasteiger charge is 2.24. The number of carbonyl (C=O) groups excluding carboxylic acids is 1. The van der Waals surface area contributed by atoms with E-state index in [0.717, 1.165) is 28.7 Å². The maximum Gasteiger partial charge on any atom is 0.264 e. The fourth-order valence-corrected chi connectivity index (χ4v) is 6.24. The van der Waals surface area contributed by atoms with Crippen LogP contribution in [0.15, 0.2) is 71.6 Å². The van der Waals surface area contributed by atoms with Gasteiger partial charge in [0.1, 0.15) is 0 Å². The number of hydrogen-bond acceptors (Lipinski definition) is 6. The predicted molar refractivity (Wildman–Crippen MR) is 160 cm³/mol. The highest BCUT2D eigenvalue weighted by Crippen LogP contribution is 2.32. The van der Waals surface area contributed by atoms with Gasteiger partial charge in [0.25, 0.3) is 15.9 Å². The molecular weight excluding hydrogens is 540 g/mol. The molecule has 0 fully saturated rings. The first-order valence-electron chi connectivity index (χ1n) is 12.1. The van der Waals surface area contributed by atoms with E-state index in [1.165, 1.54) is 40.4 Å². The molecule has 0 atom stereocenters. The molecule has 0 aliphatic carbocycles. The zero-order chi connectivity index (χ0) is 26.7. The van der Waals surface area contributed by atoms with Crippen LogP contribution >= 0.6 is 23.7 Å². The predicted octanol–water partition coefficient (Wildman–Crippen LogP) is 5.76. The van der Waals surface area contributed by atoms with Crippen molar-refractivity contribution in [2.75, 3.05) is 43.4 Å². The summed E-state index contributed by atoms with van der Waals surface area (Å²) in [5.74, 6) is -0.202. The molecule has 0 radical (unpaired) electrons. The summed E-state index contributed by atoms with van der Waals surface area (Å²) in [5, 5.41) is 0.643.